The highest BCUT2D eigenvalue weighted by atomic mass is 16.4. The van der Waals surface area contributed by atoms with Crippen molar-refractivity contribution in [1.29, 1.82) is 0 Å². The molecular formula is C13H11N3O3. The molecule has 2 aromatic heterocycles. The molecule has 2 N–H and O–H groups in total. The molecular weight excluding hydrogens is 246 g/mol. The van der Waals surface area contributed by atoms with E-state index in [0.717, 1.165) is 16.5 Å². The number of carboxylic acid groups (broad SMARTS) is 1. The topological polar surface area (TPSA) is 88.2 Å². The second kappa shape index (κ2) is 4.56. The summed E-state index contributed by atoms with van der Waals surface area (Å²) in [5, 5.41) is 12.5. The molecule has 6 heteroatoms. The summed E-state index contributed by atoms with van der Waals surface area (Å²) in [7, 11) is 0. The summed E-state index contributed by atoms with van der Waals surface area (Å²) < 4.78 is 5.71. The van der Waals surface area contributed by atoms with Crippen molar-refractivity contribution in [2.75, 3.05) is 11.9 Å². The Hall–Kier alpha value is -2.63. The summed E-state index contributed by atoms with van der Waals surface area (Å²) in [5.74, 6) is -0.343. The predicted octanol–water partition coefficient (Wildman–Crippen LogP) is 2.26. The Morgan fingerprint density at radius 1 is 1.32 bits per heavy atom. The van der Waals surface area contributed by atoms with Gasteiger partial charge in [0.25, 0.3) is 0 Å². The van der Waals surface area contributed by atoms with Gasteiger partial charge in [0.15, 0.2) is 11.4 Å². The largest absolute Gasteiger partial charge is 0.481 e. The number of fused-ring (bicyclic) bond motifs is 3. The first-order chi connectivity index (χ1) is 9.25. The number of anilines is 1. The van der Waals surface area contributed by atoms with Crippen LogP contribution < -0.4 is 5.32 Å². The highest BCUT2D eigenvalue weighted by molar-refractivity contribution is 6.05. The Balaban J connectivity index is 2.03. The van der Waals surface area contributed by atoms with Gasteiger partial charge < -0.3 is 14.8 Å². The van der Waals surface area contributed by atoms with E-state index in [2.05, 4.69) is 15.3 Å². The van der Waals surface area contributed by atoms with Crippen molar-refractivity contribution in [3.63, 3.8) is 0 Å². The molecule has 6 nitrogen and oxygen atoms in total. The van der Waals surface area contributed by atoms with Crippen LogP contribution >= 0.6 is 0 Å². The average Bonchev–Trinajstić information content (AvgIpc) is 2.78. The molecule has 0 unspecified atom stereocenters. The number of para-hydroxylation sites is 1. The van der Waals surface area contributed by atoms with Crippen LogP contribution in [0, 0.1) is 0 Å². The van der Waals surface area contributed by atoms with Crippen molar-refractivity contribution >= 4 is 33.9 Å². The van der Waals surface area contributed by atoms with Crippen molar-refractivity contribution < 1.29 is 14.3 Å². The van der Waals surface area contributed by atoms with Crippen LogP contribution in [0.4, 0.5) is 5.82 Å². The molecule has 3 rings (SSSR count). The molecule has 0 saturated heterocycles. The SMILES string of the molecule is O=C(O)CCNc1ncnc2c1oc1ccccc12. The molecule has 3 aromatic rings. The maximum atomic E-state index is 10.5. The van der Waals surface area contributed by atoms with E-state index in [4.69, 9.17) is 9.52 Å². The van der Waals surface area contributed by atoms with E-state index in [1.54, 1.807) is 0 Å². The van der Waals surface area contributed by atoms with Crippen LogP contribution in [0.15, 0.2) is 35.0 Å². The van der Waals surface area contributed by atoms with E-state index < -0.39 is 5.97 Å². The lowest BCUT2D eigenvalue weighted by atomic mass is 10.2. The third kappa shape index (κ3) is 2.08. The monoisotopic (exact) mass is 257 g/mol. The van der Waals surface area contributed by atoms with Crippen molar-refractivity contribution in [3.8, 4) is 0 Å². The first kappa shape index (κ1) is 11.5. The first-order valence-corrected chi connectivity index (χ1v) is 5.83. The van der Waals surface area contributed by atoms with E-state index in [9.17, 15) is 4.79 Å². The summed E-state index contributed by atoms with van der Waals surface area (Å²) in [4.78, 5) is 18.8. The summed E-state index contributed by atoms with van der Waals surface area (Å²) >= 11 is 0. The van der Waals surface area contributed by atoms with Crippen LogP contribution in [0.1, 0.15) is 6.42 Å². The van der Waals surface area contributed by atoms with Crippen LogP contribution in [0.2, 0.25) is 0 Å². The predicted molar refractivity (Wildman–Crippen MR) is 70.1 cm³/mol. The van der Waals surface area contributed by atoms with Gasteiger partial charge in [0, 0.05) is 11.9 Å². The number of carbonyl (C=O) groups is 1. The first-order valence-electron chi connectivity index (χ1n) is 5.83. The Labute approximate surface area is 108 Å². The Kier molecular flexibility index (Phi) is 2.75. The number of rotatable bonds is 4. The molecule has 0 spiro atoms. The smallest absolute Gasteiger partial charge is 0.305 e. The number of nitrogens with zero attached hydrogens (tertiary/aromatic N) is 2. The van der Waals surface area contributed by atoms with Gasteiger partial charge in [0.1, 0.15) is 17.4 Å². The second-order valence-electron chi connectivity index (χ2n) is 4.07. The number of aliphatic carboxylic acids is 1. The molecule has 0 amide bonds. The van der Waals surface area contributed by atoms with E-state index >= 15 is 0 Å². The summed E-state index contributed by atoms with van der Waals surface area (Å²) in [6, 6.07) is 7.58. The third-order valence-corrected chi connectivity index (χ3v) is 2.79. The highest BCUT2D eigenvalue weighted by Crippen LogP contribution is 2.30. The molecule has 0 radical (unpaired) electrons. The van der Waals surface area contributed by atoms with E-state index in [1.165, 1.54) is 6.33 Å². The molecule has 1 aromatic carbocycles. The van der Waals surface area contributed by atoms with Crippen molar-refractivity contribution in [1.82, 2.24) is 9.97 Å². The highest BCUT2D eigenvalue weighted by Gasteiger charge is 2.12. The molecule has 96 valence electrons. The van der Waals surface area contributed by atoms with Gasteiger partial charge >= 0.3 is 5.97 Å². The second-order valence-corrected chi connectivity index (χ2v) is 4.07. The Bertz CT molecular complexity index is 751. The zero-order valence-electron chi connectivity index (χ0n) is 9.96. The normalized spacial score (nSPS) is 10.9. The minimum Gasteiger partial charge on any atom is -0.481 e. The van der Waals surface area contributed by atoms with Gasteiger partial charge in [0.2, 0.25) is 0 Å². The molecule has 0 saturated carbocycles. The Morgan fingerprint density at radius 2 is 2.16 bits per heavy atom. The van der Waals surface area contributed by atoms with Crippen LogP contribution in [0.5, 0.6) is 0 Å². The van der Waals surface area contributed by atoms with Gasteiger partial charge in [-0.1, -0.05) is 12.1 Å². The number of hydrogen-bond donors (Lipinski definition) is 2. The molecule has 0 aliphatic carbocycles. The zero-order chi connectivity index (χ0) is 13.2. The molecule has 0 atom stereocenters. The average molecular weight is 257 g/mol. The van der Waals surface area contributed by atoms with E-state index in [0.29, 0.717) is 17.9 Å². The number of benzene rings is 1. The molecule has 0 aliphatic rings. The molecule has 0 bridgehead atoms. The maximum Gasteiger partial charge on any atom is 0.305 e. The fourth-order valence-electron chi connectivity index (χ4n) is 1.94. The maximum absolute atomic E-state index is 10.5. The van der Waals surface area contributed by atoms with Crippen LogP contribution in [0.3, 0.4) is 0 Å². The standard InChI is InChI=1S/C13H11N3O3/c17-10(18)5-6-14-13-12-11(15-7-16-13)8-3-1-2-4-9(8)19-12/h1-4,7H,5-6H2,(H,17,18)(H,14,15,16). The number of aromatic nitrogens is 2. The van der Waals surface area contributed by atoms with Crippen molar-refractivity contribution in [2.45, 2.75) is 6.42 Å². The minimum atomic E-state index is -0.859. The lowest BCUT2D eigenvalue weighted by molar-refractivity contribution is -0.136. The zero-order valence-corrected chi connectivity index (χ0v) is 9.96. The fraction of sp³-hybridized carbons (Fsp3) is 0.154. The quantitative estimate of drug-likeness (QED) is 0.745. The van der Waals surface area contributed by atoms with Crippen LogP contribution in [-0.4, -0.2) is 27.6 Å². The van der Waals surface area contributed by atoms with Gasteiger partial charge in [-0.25, -0.2) is 9.97 Å². The summed E-state index contributed by atoms with van der Waals surface area (Å²) in [5.41, 5.74) is 2.01. The molecule has 0 aliphatic heterocycles. The minimum absolute atomic E-state index is 0.0196. The number of furan rings is 1. The molecule has 2 heterocycles. The van der Waals surface area contributed by atoms with Gasteiger partial charge in [-0.3, -0.25) is 4.79 Å². The molecule has 19 heavy (non-hydrogen) atoms. The van der Waals surface area contributed by atoms with Crippen molar-refractivity contribution in [2.24, 2.45) is 0 Å². The van der Waals surface area contributed by atoms with Gasteiger partial charge in [0.05, 0.1) is 6.42 Å². The van der Waals surface area contributed by atoms with E-state index in [1.807, 2.05) is 24.3 Å². The lowest BCUT2D eigenvalue weighted by Gasteiger charge is -2.02. The number of nitrogens with one attached hydrogen (secondary N) is 1. The summed E-state index contributed by atoms with van der Waals surface area (Å²) in [6.07, 6.45) is 1.46. The van der Waals surface area contributed by atoms with Crippen LogP contribution in [-0.2, 0) is 4.79 Å². The molecule has 0 fully saturated rings. The number of hydrogen-bond acceptors (Lipinski definition) is 5. The van der Waals surface area contributed by atoms with Crippen LogP contribution in [0.25, 0.3) is 22.1 Å². The van der Waals surface area contributed by atoms with Crippen molar-refractivity contribution in [3.05, 3.63) is 30.6 Å². The lowest BCUT2D eigenvalue weighted by Crippen LogP contribution is -2.08. The van der Waals surface area contributed by atoms with Gasteiger partial charge in [-0.05, 0) is 12.1 Å². The van der Waals surface area contributed by atoms with E-state index in [-0.39, 0.29) is 6.42 Å². The Morgan fingerprint density at radius 3 is 3.00 bits per heavy atom. The van der Waals surface area contributed by atoms with Gasteiger partial charge in [-0.15, -0.1) is 0 Å². The fourth-order valence-corrected chi connectivity index (χ4v) is 1.94. The van der Waals surface area contributed by atoms with Gasteiger partial charge in [-0.2, -0.15) is 0 Å². The summed E-state index contributed by atoms with van der Waals surface area (Å²) in [6.45, 7) is 0.290. The third-order valence-electron chi connectivity index (χ3n) is 2.79. The number of carboxylic acids is 1.